The smallest absolute Gasteiger partial charge is 0.319 e. The summed E-state index contributed by atoms with van der Waals surface area (Å²) in [4.78, 5) is 17.0. The highest BCUT2D eigenvalue weighted by Crippen LogP contribution is 2.38. The van der Waals surface area contributed by atoms with Crippen LogP contribution >= 0.6 is 0 Å². The molecule has 202 valence electrons. The Balaban J connectivity index is 1.36. The Hall–Kier alpha value is -3.50. The van der Waals surface area contributed by atoms with E-state index in [1.54, 1.807) is 12.1 Å². The molecule has 39 heavy (non-hydrogen) atoms. The molecule has 3 aliphatic heterocycles. The Bertz CT molecular complexity index is 1680. The number of aromatic hydroxyl groups is 1. The molecule has 4 aromatic rings. The molecule has 0 amide bonds. The number of hydrogen-bond donors (Lipinski definition) is 2. The van der Waals surface area contributed by atoms with Crippen molar-refractivity contribution in [2.75, 3.05) is 29.5 Å². The summed E-state index contributed by atoms with van der Waals surface area (Å²) in [6.45, 7) is 3.70. The van der Waals surface area contributed by atoms with Crippen LogP contribution in [-0.4, -0.2) is 71.3 Å². The van der Waals surface area contributed by atoms with E-state index in [9.17, 15) is 13.5 Å². The van der Waals surface area contributed by atoms with Gasteiger partial charge in [-0.3, -0.25) is 4.98 Å². The maximum atomic E-state index is 12.0. The van der Waals surface area contributed by atoms with E-state index in [1.165, 1.54) is 0 Å². The fourth-order valence-electron chi connectivity index (χ4n) is 6.34. The third kappa shape index (κ3) is 4.55. The molecular formula is C29H31N5O4S. The number of piperazine rings is 1. The van der Waals surface area contributed by atoms with E-state index >= 15 is 0 Å². The van der Waals surface area contributed by atoms with Crippen molar-refractivity contribution in [3.63, 3.8) is 0 Å². The van der Waals surface area contributed by atoms with Gasteiger partial charge in [-0.25, -0.2) is 8.42 Å². The van der Waals surface area contributed by atoms with Crippen molar-refractivity contribution in [3.8, 4) is 23.0 Å². The number of sulfone groups is 1. The molecule has 7 rings (SSSR count). The summed E-state index contributed by atoms with van der Waals surface area (Å²) in [6.07, 6.45) is 4.77. The maximum Gasteiger partial charge on any atom is 0.319 e. The normalized spacial score (nSPS) is 22.9. The summed E-state index contributed by atoms with van der Waals surface area (Å²) in [7, 11) is -3.00. The van der Waals surface area contributed by atoms with Gasteiger partial charge in [-0.05, 0) is 55.5 Å². The van der Waals surface area contributed by atoms with Crippen molar-refractivity contribution in [1.82, 2.24) is 20.3 Å². The predicted octanol–water partition coefficient (Wildman–Crippen LogP) is 3.76. The molecule has 10 heteroatoms. The highest BCUT2D eigenvalue weighted by atomic mass is 32.2. The van der Waals surface area contributed by atoms with Crippen molar-refractivity contribution in [1.29, 1.82) is 0 Å². The van der Waals surface area contributed by atoms with Gasteiger partial charge in [0.25, 0.3) is 0 Å². The van der Waals surface area contributed by atoms with Crippen molar-refractivity contribution in [3.05, 3.63) is 48.2 Å². The Labute approximate surface area is 227 Å². The molecule has 2 unspecified atom stereocenters. The largest absolute Gasteiger partial charge is 0.508 e. The van der Waals surface area contributed by atoms with E-state index in [2.05, 4.69) is 10.2 Å². The number of aryl methyl sites for hydroxylation is 1. The van der Waals surface area contributed by atoms with Crippen LogP contribution in [0.1, 0.15) is 31.2 Å². The van der Waals surface area contributed by atoms with Crippen molar-refractivity contribution >= 4 is 37.3 Å². The van der Waals surface area contributed by atoms with Gasteiger partial charge in [0.05, 0.1) is 28.1 Å². The minimum Gasteiger partial charge on any atom is -0.508 e. The summed E-state index contributed by atoms with van der Waals surface area (Å²) < 4.78 is 30.2. The number of phenols is 1. The quantitative estimate of drug-likeness (QED) is 0.395. The third-order valence-corrected chi connectivity index (χ3v) is 10.0. The van der Waals surface area contributed by atoms with E-state index in [1.807, 2.05) is 37.4 Å². The number of ether oxygens (including phenoxy) is 1. The second-order valence-electron chi connectivity index (χ2n) is 11.1. The number of anilines is 1. The molecule has 2 atom stereocenters. The van der Waals surface area contributed by atoms with Gasteiger partial charge < -0.3 is 20.1 Å². The van der Waals surface area contributed by atoms with Crippen molar-refractivity contribution in [2.24, 2.45) is 0 Å². The number of benzene rings is 2. The Morgan fingerprint density at radius 1 is 1.00 bits per heavy atom. The van der Waals surface area contributed by atoms with Gasteiger partial charge in [0.2, 0.25) is 0 Å². The monoisotopic (exact) mass is 545 g/mol. The van der Waals surface area contributed by atoms with Crippen LogP contribution in [0.3, 0.4) is 0 Å². The van der Waals surface area contributed by atoms with Gasteiger partial charge in [-0.2, -0.15) is 9.97 Å². The minimum atomic E-state index is -3.00. The maximum absolute atomic E-state index is 12.0. The second kappa shape index (κ2) is 9.31. The zero-order valence-corrected chi connectivity index (χ0v) is 22.6. The molecule has 0 aliphatic carbocycles. The molecule has 2 aromatic carbocycles. The van der Waals surface area contributed by atoms with Gasteiger partial charge in [-0.1, -0.05) is 24.3 Å². The number of hydrogen-bond acceptors (Lipinski definition) is 9. The van der Waals surface area contributed by atoms with Crippen LogP contribution in [0.15, 0.2) is 42.6 Å². The fourth-order valence-corrected chi connectivity index (χ4v) is 7.79. The summed E-state index contributed by atoms with van der Waals surface area (Å²) in [5.41, 5.74) is 3.21. The number of pyridine rings is 1. The average Bonchev–Trinajstić information content (AvgIpc) is 3.26. The zero-order valence-electron chi connectivity index (χ0n) is 21.8. The molecule has 5 heterocycles. The number of nitrogens with zero attached hydrogens (tertiary/aromatic N) is 4. The number of fused-ring (bicyclic) bond motifs is 4. The first kappa shape index (κ1) is 24.5. The van der Waals surface area contributed by atoms with Gasteiger partial charge in [0.1, 0.15) is 17.7 Å². The summed E-state index contributed by atoms with van der Waals surface area (Å²) >= 11 is 0. The first-order chi connectivity index (χ1) is 18.8. The van der Waals surface area contributed by atoms with E-state index in [0.29, 0.717) is 24.9 Å². The number of rotatable bonds is 4. The molecule has 0 radical (unpaired) electrons. The van der Waals surface area contributed by atoms with E-state index in [-0.39, 0.29) is 29.4 Å². The lowest BCUT2D eigenvalue weighted by Gasteiger charge is -2.34. The standard InChI is InChI=1S/C29H31N5O4S/c1-17-26(24-13-21(35)12-18-4-2-3-5-23(18)24)30-14-25-27(17)32-29(38-22-8-10-39(36,37)11-9-22)33-28(25)34-15-19-6-7-20(16-34)31-19/h2-5,12-14,19-20,22,31,35H,6-11,15-16H2,1H3. The number of aromatic nitrogens is 3. The highest BCUT2D eigenvalue weighted by Gasteiger charge is 2.34. The SMILES string of the molecule is Cc1c(-c2cc(O)cc3ccccc23)ncc2c(N3CC4CCC(C3)N4)nc(OC3CCS(=O)(=O)CC3)nc12. The number of nitrogens with one attached hydrogen (secondary N) is 1. The second-order valence-corrected chi connectivity index (χ2v) is 13.4. The van der Waals surface area contributed by atoms with Crippen LogP contribution in [0, 0.1) is 6.92 Å². The first-order valence-corrected chi connectivity index (χ1v) is 15.4. The molecule has 3 saturated heterocycles. The van der Waals surface area contributed by atoms with E-state index < -0.39 is 9.84 Å². The minimum absolute atomic E-state index is 0.122. The van der Waals surface area contributed by atoms with Gasteiger partial charge >= 0.3 is 6.01 Å². The van der Waals surface area contributed by atoms with Crippen LogP contribution < -0.4 is 15.0 Å². The van der Waals surface area contributed by atoms with E-state index in [0.717, 1.165) is 70.2 Å². The lowest BCUT2D eigenvalue weighted by molar-refractivity contribution is 0.174. The molecular weight excluding hydrogens is 514 g/mol. The molecule has 2 N–H and O–H groups in total. The highest BCUT2D eigenvalue weighted by molar-refractivity contribution is 7.91. The molecule has 9 nitrogen and oxygen atoms in total. The van der Waals surface area contributed by atoms with Gasteiger partial charge in [0.15, 0.2) is 9.84 Å². The lowest BCUT2D eigenvalue weighted by Crippen LogP contribution is -2.51. The Morgan fingerprint density at radius 2 is 1.74 bits per heavy atom. The van der Waals surface area contributed by atoms with Crippen molar-refractivity contribution in [2.45, 2.75) is 50.8 Å². The summed E-state index contributed by atoms with van der Waals surface area (Å²) in [5.74, 6) is 1.23. The average molecular weight is 546 g/mol. The van der Waals surface area contributed by atoms with Crippen LogP contribution in [-0.2, 0) is 9.84 Å². The zero-order chi connectivity index (χ0) is 26.7. The fraction of sp³-hybridized carbons (Fsp3) is 0.414. The van der Waals surface area contributed by atoms with Crippen LogP contribution in [0.4, 0.5) is 5.82 Å². The number of phenolic OH excluding ortho intramolecular Hbond substituents is 1. The van der Waals surface area contributed by atoms with E-state index in [4.69, 9.17) is 19.7 Å². The molecule has 2 aromatic heterocycles. The first-order valence-electron chi connectivity index (χ1n) is 13.6. The van der Waals surface area contributed by atoms with Crippen molar-refractivity contribution < 1.29 is 18.3 Å². The van der Waals surface area contributed by atoms with Crippen LogP contribution in [0.5, 0.6) is 11.8 Å². The van der Waals surface area contributed by atoms with Crippen LogP contribution in [0.25, 0.3) is 32.9 Å². The lowest BCUT2D eigenvalue weighted by atomic mass is 9.97. The topological polar surface area (TPSA) is 118 Å². The predicted molar refractivity (Wildman–Crippen MR) is 151 cm³/mol. The molecule has 3 aliphatic rings. The third-order valence-electron chi connectivity index (χ3n) is 8.33. The molecule has 0 spiro atoms. The van der Waals surface area contributed by atoms with Crippen LogP contribution in [0.2, 0.25) is 0 Å². The summed E-state index contributed by atoms with van der Waals surface area (Å²) in [6, 6.07) is 12.6. The van der Waals surface area contributed by atoms with Gasteiger partial charge in [-0.15, -0.1) is 0 Å². The van der Waals surface area contributed by atoms with Gasteiger partial charge in [0, 0.05) is 42.5 Å². The Morgan fingerprint density at radius 3 is 2.51 bits per heavy atom. The molecule has 2 bridgehead atoms. The Kier molecular flexibility index (Phi) is 5.85. The molecule has 3 fully saturated rings. The summed E-state index contributed by atoms with van der Waals surface area (Å²) in [5, 5.41) is 17.0. The molecule has 0 saturated carbocycles.